The van der Waals surface area contributed by atoms with Crippen molar-refractivity contribution < 1.29 is 4.79 Å². The Morgan fingerprint density at radius 1 is 1.04 bits per heavy atom. The molecule has 24 heavy (non-hydrogen) atoms. The van der Waals surface area contributed by atoms with E-state index in [0.29, 0.717) is 10.8 Å². The molecule has 0 saturated carbocycles. The van der Waals surface area contributed by atoms with Crippen molar-refractivity contribution in [1.29, 1.82) is 0 Å². The number of benzene rings is 2. The molecule has 0 atom stereocenters. The van der Waals surface area contributed by atoms with Gasteiger partial charge in [-0.25, -0.2) is 4.98 Å². The lowest BCUT2D eigenvalue weighted by Gasteiger charge is -2.03. The van der Waals surface area contributed by atoms with Crippen molar-refractivity contribution in [3.05, 3.63) is 71.7 Å². The Morgan fingerprint density at radius 3 is 2.67 bits per heavy atom. The van der Waals surface area contributed by atoms with Crippen LogP contribution in [0.3, 0.4) is 0 Å². The number of H-pyrrole nitrogens is 1. The molecule has 0 radical (unpaired) electrons. The number of rotatable bonds is 4. The highest BCUT2D eigenvalue weighted by atomic mass is 32.1. The van der Waals surface area contributed by atoms with E-state index >= 15 is 0 Å². The van der Waals surface area contributed by atoms with Gasteiger partial charge < -0.3 is 4.98 Å². The van der Waals surface area contributed by atoms with Gasteiger partial charge in [-0.1, -0.05) is 48.5 Å². The maximum atomic E-state index is 12.2. The molecule has 5 nitrogen and oxygen atoms in total. The number of hydrogen-bond acceptors (Lipinski definition) is 4. The summed E-state index contributed by atoms with van der Waals surface area (Å²) in [6.45, 7) is 0. The predicted octanol–water partition coefficient (Wildman–Crippen LogP) is 4.05. The van der Waals surface area contributed by atoms with Crippen molar-refractivity contribution in [2.24, 2.45) is 0 Å². The zero-order valence-electron chi connectivity index (χ0n) is 12.6. The van der Waals surface area contributed by atoms with Crippen molar-refractivity contribution in [3.8, 4) is 11.3 Å². The largest absolute Gasteiger partial charge is 0.350 e. The second-order valence-electron chi connectivity index (χ2n) is 5.25. The fraction of sp³-hybridized carbons (Fsp3) is 0. The molecule has 0 fully saturated rings. The van der Waals surface area contributed by atoms with Crippen molar-refractivity contribution in [1.82, 2.24) is 15.4 Å². The SMILES string of the molecule is O=C(NNc1nc(-c2ccccc2)cs1)c1cc2ccccc2[nH]1. The number of amides is 1. The lowest BCUT2D eigenvalue weighted by Crippen LogP contribution is -2.29. The van der Waals surface area contributed by atoms with Crippen LogP contribution in [-0.4, -0.2) is 15.9 Å². The number of aromatic amines is 1. The van der Waals surface area contributed by atoms with Crippen LogP contribution in [0.5, 0.6) is 0 Å². The molecule has 0 aliphatic heterocycles. The monoisotopic (exact) mass is 334 g/mol. The number of carbonyl (C=O) groups is 1. The Bertz CT molecular complexity index is 957. The van der Waals surface area contributed by atoms with E-state index in [0.717, 1.165) is 22.2 Å². The van der Waals surface area contributed by atoms with Gasteiger partial charge in [0.2, 0.25) is 5.13 Å². The second-order valence-corrected chi connectivity index (χ2v) is 6.11. The van der Waals surface area contributed by atoms with Crippen LogP contribution in [-0.2, 0) is 0 Å². The average Bonchev–Trinajstić information content (AvgIpc) is 3.27. The van der Waals surface area contributed by atoms with Gasteiger partial charge in [-0.2, -0.15) is 0 Å². The molecular formula is C18H14N4OS. The summed E-state index contributed by atoms with van der Waals surface area (Å²) in [5.74, 6) is -0.234. The zero-order chi connectivity index (χ0) is 16.4. The van der Waals surface area contributed by atoms with Gasteiger partial charge in [0.1, 0.15) is 5.69 Å². The molecule has 2 aromatic heterocycles. The van der Waals surface area contributed by atoms with Gasteiger partial charge in [-0.05, 0) is 12.1 Å². The summed E-state index contributed by atoms with van der Waals surface area (Å²) < 4.78 is 0. The highest BCUT2D eigenvalue weighted by Crippen LogP contribution is 2.24. The number of carbonyl (C=O) groups excluding carboxylic acids is 1. The number of hydrazine groups is 1. The number of aromatic nitrogens is 2. The number of nitrogens with one attached hydrogen (secondary N) is 3. The van der Waals surface area contributed by atoms with Gasteiger partial charge in [-0.3, -0.25) is 15.6 Å². The number of fused-ring (bicyclic) bond motifs is 1. The maximum absolute atomic E-state index is 12.2. The van der Waals surface area contributed by atoms with Crippen LogP contribution < -0.4 is 10.9 Å². The molecule has 4 aromatic rings. The zero-order valence-corrected chi connectivity index (χ0v) is 13.4. The van der Waals surface area contributed by atoms with Crippen molar-refractivity contribution in [2.45, 2.75) is 0 Å². The molecule has 2 aromatic carbocycles. The molecule has 6 heteroatoms. The number of para-hydroxylation sites is 1. The minimum absolute atomic E-state index is 0.234. The van der Waals surface area contributed by atoms with E-state index in [-0.39, 0.29) is 5.91 Å². The Balaban J connectivity index is 1.45. The molecule has 0 unspecified atom stereocenters. The van der Waals surface area contributed by atoms with Gasteiger partial charge >= 0.3 is 0 Å². The number of nitrogens with zero attached hydrogens (tertiary/aromatic N) is 1. The Kier molecular flexibility index (Phi) is 3.72. The van der Waals surface area contributed by atoms with Gasteiger partial charge in [-0.15, -0.1) is 11.3 Å². The number of hydrogen-bond donors (Lipinski definition) is 3. The normalized spacial score (nSPS) is 10.7. The average molecular weight is 334 g/mol. The minimum Gasteiger partial charge on any atom is -0.350 e. The van der Waals surface area contributed by atoms with Crippen LogP contribution in [0, 0.1) is 0 Å². The van der Waals surface area contributed by atoms with Crippen LogP contribution in [0.1, 0.15) is 10.5 Å². The molecule has 1 amide bonds. The topological polar surface area (TPSA) is 69.8 Å². The first kappa shape index (κ1) is 14.5. The summed E-state index contributed by atoms with van der Waals surface area (Å²) in [5.41, 5.74) is 8.89. The van der Waals surface area contributed by atoms with E-state index < -0.39 is 0 Å². The van der Waals surface area contributed by atoms with Gasteiger partial charge in [0.25, 0.3) is 5.91 Å². The summed E-state index contributed by atoms with van der Waals surface area (Å²) in [6.07, 6.45) is 0. The van der Waals surface area contributed by atoms with E-state index in [9.17, 15) is 4.79 Å². The van der Waals surface area contributed by atoms with E-state index in [1.54, 1.807) is 0 Å². The minimum atomic E-state index is -0.234. The first-order chi connectivity index (χ1) is 11.8. The molecule has 118 valence electrons. The Morgan fingerprint density at radius 2 is 1.83 bits per heavy atom. The highest BCUT2D eigenvalue weighted by molar-refractivity contribution is 7.14. The number of anilines is 1. The Hall–Kier alpha value is -3.12. The smallest absolute Gasteiger partial charge is 0.286 e. The molecule has 0 saturated heterocycles. The molecule has 0 bridgehead atoms. The first-order valence-corrected chi connectivity index (χ1v) is 8.32. The summed E-state index contributed by atoms with van der Waals surface area (Å²) >= 11 is 1.44. The molecule has 0 aliphatic rings. The van der Waals surface area contributed by atoms with Crippen LogP contribution in [0.4, 0.5) is 5.13 Å². The Labute approximate surface area is 142 Å². The standard InChI is InChI=1S/C18H14N4OS/c23-17(15-10-13-8-4-5-9-14(13)19-15)21-22-18-20-16(11-24-18)12-6-2-1-3-7-12/h1-11,19H,(H,20,22)(H,21,23). The summed E-state index contributed by atoms with van der Waals surface area (Å²) in [4.78, 5) is 19.8. The highest BCUT2D eigenvalue weighted by Gasteiger charge is 2.10. The summed E-state index contributed by atoms with van der Waals surface area (Å²) in [7, 11) is 0. The number of thiazole rings is 1. The van der Waals surface area contributed by atoms with Crippen LogP contribution >= 0.6 is 11.3 Å². The second kappa shape index (κ2) is 6.17. The summed E-state index contributed by atoms with van der Waals surface area (Å²) in [5, 5.41) is 3.59. The molecule has 0 spiro atoms. The molecule has 4 rings (SSSR count). The van der Waals surface area contributed by atoms with Crippen LogP contribution in [0.25, 0.3) is 22.2 Å². The van der Waals surface area contributed by atoms with E-state index in [4.69, 9.17) is 0 Å². The first-order valence-electron chi connectivity index (χ1n) is 7.45. The van der Waals surface area contributed by atoms with Gasteiger partial charge in [0.15, 0.2) is 0 Å². The third-order valence-electron chi connectivity index (χ3n) is 3.63. The predicted molar refractivity (Wildman–Crippen MR) is 96.9 cm³/mol. The fourth-order valence-corrected chi connectivity index (χ4v) is 3.12. The van der Waals surface area contributed by atoms with E-state index in [2.05, 4.69) is 20.8 Å². The van der Waals surface area contributed by atoms with Crippen LogP contribution in [0.2, 0.25) is 0 Å². The maximum Gasteiger partial charge on any atom is 0.286 e. The van der Waals surface area contributed by atoms with Crippen molar-refractivity contribution in [2.75, 3.05) is 5.43 Å². The quantitative estimate of drug-likeness (QED) is 0.493. The summed E-state index contributed by atoms with van der Waals surface area (Å²) in [6, 6.07) is 19.5. The molecule has 3 N–H and O–H groups in total. The van der Waals surface area contributed by atoms with Crippen LogP contribution in [0.15, 0.2) is 66.0 Å². The third-order valence-corrected chi connectivity index (χ3v) is 4.39. The van der Waals surface area contributed by atoms with Gasteiger partial charge in [0.05, 0.1) is 5.69 Å². The molecule has 2 heterocycles. The van der Waals surface area contributed by atoms with E-state index in [1.807, 2.05) is 66.0 Å². The third kappa shape index (κ3) is 2.87. The van der Waals surface area contributed by atoms with E-state index in [1.165, 1.54) is 11.3 Å². The molecular weight excluding hydrogens is 320 g/mol. The molecule has 0 aliphatic carbocycles. The van der Waals surface area contributed by atoms with Gasteiger partial charge in [0, 0.05) is 21.8 Å². The fourth-order valence-electron chi connectivity index (χ4n) is 2.45. The van der Waals surface area contributed by atoms with Crippen molar-refractivity contribution >= 4 is 33.3 Å². The lowest BCUT2D eigenvalue weighted by molar-refractivity contribution is 0.0958. The van der Waals surface area contributed by atoms with Crippen molar-refractivity contribution in [3.63, 3.8) is 0 Å². The lowest BCUT2D eigenvalue weighted by atomic mass is 10.2.